The SMILES string of the molecule is Cc1ccc(-c2nc(N(C)c3c(CC(F)(F)F)nc4sc(N5CCCC(N(C)CC(=O)N6CC(O)C6)C5)nn34)sc2C#N)cc1. The van der Waals surface area contributed by atoms with Gasteiger partial charge in [0.05, 0.1) is 24.8 Å². The molecule has 0 radical (unpaired) electrons. The van der Waals surface area contributed by atoms with Gasteiger partial charge in [-0.3, -0.25) is 9.69 Å². The average Bonchev–Trinajstić information content (AvgIpc) is 3.67. The molecule has 16 heteroatoms. The fourth-order valence-corrected chi connectivity index (χ4v) is 7.46. The number of alkyl halides is 3. The van der Waals surface area contributed by atoms with Gasteiger partial charge in [0.2, 0.25) is 16.0 Å². The minimum atomic E-state index is -4.49. The molecule has 4 aromatic rings. The first kappa shape index (κ1) is 31.2. The number of β-amino-alcohol motifs (C(OH)–C–C–N with tert-alkyl or cyclic N) is 1. The van der Waals surface area contributed by atoms with Gasteiger partial charge in [-0.05, 0) is 26.8 Å². The number of hydrogen-bond acceptors (Lipinski definition) is 11. The number of thiazole rings is 1. The summed E-state index contributed by atoms with van der Waals surface area (Å²) >= 11 is 2.31. The van der Waals surface area contributed by atoms with Gasteiger partial charge in [0.25, 0.3) is 0 Å². The second-order valence-corrected chi connectivity index (χ2v) is 13.5. The third-order valence-electron chi connectivity index (χ3n) is 8.14. The van der Waals surface area contributed by atoms with Crippen LogP contribution in [0.15, 0.2) is 24.3 Å². The molecule has 45 heavy (non-hydrogen) atoms. The first-order valence-corrected chi connectivity index (χ1v) is 16.1. The Morgan fingerprint density at radius 1 is 1.16 bits per heavy atom. The van der Waals surface area contributed by atoms with Gasteiger partial charge < -0.3 is 19.8 Å². The number of fused-ring (bicyclic) bond motifs is 1. The van der Waals surface area contributed by atoms with E-state index in [1.54, 1.807) is 11.9 Å². The number of likely N-dealkylation sites (tertiary alicyclic amines) is 1. The number of nitriles is 1. The predicted octanol–water partition coefficient (Wildman–Crippen LogP) is 4.07. The molecule has 2 aliphatic rings. The molecule has 0 saturated carbocycles. The molecule has 0 bridgehead atoms. The van der Waals surface area contributed by atoms with Crippen LogP contribution in [0.25, 0.3) is 16.2 Å². The molecule has 2 aliphatic heterocycles. The number of halogens is 3. The number of piperidine rings is 1. The number of rotatable bonds is 8. The van der Waals surface area contributed by atoms with Gasteiger partial charge in [-0.2, -0.15) is 22.9 Å². The molecule has 3 aromatic heterocycles. The van der Waals surface area contributed by atoms with Crippen LogP contribution in [0.5, 0.6) is 0 Å². The number of amides is 1. The molecule has 238 valence electrons. The van der Waals surface area contributed by atoms with E-state index < -0.39 is 18.7 Å². The first-order chi connectivity index (χ1) is 21.4. The van der Waals surface area contributed by atoms with E-state index in [1.807, 2.05) is 43.1 Å². The lowest BCUT2D eigenvalue weighted by molar-refractivity contribution is -0.142. The van der Waals surface area contributed by atoms with E-state index in [9.17, 15) is 28.3 Å². The van der Waals surface area contributed by atoms with E-state index in [0.29, 0.717) is 52.0 Å². The summed E-state index contributed by atoms with van der Waals surface area (Å²) in [7, 11) is 3.52. The van der Waals surface area contributed by atoms with Crippen LogP contribution in [-0.4, -0.2) is 106 Å². The van der Waals surface area contributed by atoms with Gasteiger partial charge in [0.1, 0.15) is 16.6 Å². The molecule has 1 amide bonds. The second kappa shape index (κ2) is 12.2. The Kier molecular flexibility index (Phi) is 8.46. The fourth-order valence-electron chi connectivity index (χ4n) is 5.66. The van der Waals surface area contributed by atoms with Crippen LogP contribution in [0.3, 0.4) is 0 Å². The van der Waals surface area contributed by atoms with Crippen molar-refractivity contribution in [2.24, 2.45) is 0 Å². The van der Waals surface area contributed by atoms with Gasteiger partial charge >= 0.3 is 6.18 Å². The highest BCUT2D eigenvalue weighted by Crippen LogP contribution is 2.39. The van der Waals surface area contributed by atoms with Crippen LogP contribution in [0.2, 0.25) is 0 Å². The van der Waals surface area contributed by atoms with Crippen LogP contribution in [-0.2, 0) is 11.2 Å². The summed E-state index contributed by atoms with van der Waals surface area (Å²) in [5.74, 6) is 0.122. The third-order valence-corrected chi connectivity index (χ3v) is 10.1. The maximum absolute atomic E-state index is 13.7. The van der Waals surface area contributed by atoms with Crippen LogP contribution in [0, 0.1) is 18.3 Å². The summed E-state index contributed by atoms with van der Waals surface area (Å²) in [5, 5.41) is 25.1. The minimum Gasteiger partial charge on any atom is -0.389 e. The molecule has 1 N–H and O–H groups in total. The van der Waals surface area contributed by atoms with Crippen molar-refractivity contribution in [1.82, 2.24) is 29.4 Å². The zero-order valence-corrected chi connectivity index (χ0v) is 26.6. The van der Waals surface area contributed by atoms with E-state index in [2.05, 4.69) is 20.9 Å². The van der Waals surface area contributed by atoms with Crippen molar-refractivity contribution < 1.29 is 23.1 Å². The zero-order chi connectivity index (χ0) is 32.0. The Bertz CT molecular complexity index is 1740. The summed E-state index contributed by atoms with van der Waals surface area (Å²) < 4.78 is 42.5. The highest BCUT2D eigenvalue weighted by Gasteiger charge is 2.35. The lowest BCUT2D eigenvalue weighted by atomic mass is 10.0. The third kappa shape index (κ3) is 6.48. The first-order valence-electron chi connectivity index (χ1n) is 14.5. The number of hydrogen-bond donors (Lipinski definition) is 1. The van der Waals surface area contributed by atoms with Crippen molar-refractivity contribution in [2.75, 3.05) is 56.6 Å². The highest BCUT2D eigenvalue weighted by atomic mass is 32.1. The average molecular weight is 660 g/mol. The smallest absolute Gasteiger partial charge is 0.389 e. The van der Waals surface area contributed by atoms with Crippen LogP contribution < -0.4 is 9.80 Å². The molecule has 2 fully saturated rings. The lowest BCUT2D eigenvalue weighted by Gasteiger charge is -2.40. The summed E-state index contributed by atoms with van der Waals surface area (Å²) in [4.78, 5) is 29.6. The fraction of sp³-hybridized carbons (Fsp3) is 0.483. The number of likely N-dealkylation sites (N-methyl/N-ethyl adjacent to an activating group) is 1. The largest absolute Gasteiger partial charge is 0.394 e. The molecule has 2 saturated heterocycles. The predicted molar refractivity (Wildman–Crippen MR) is 166 cm³/mol. The topological polar surface area (TPSA) is 117 Å². The number of imidazole rings is 1. The quantitative estimate of drug-likeness (QED) is 0.299. The Balaban J connectivity index is 1.28. The molecule has 0 aliphatic carbocycles. The molecule has 6 rings (SSSR count). The number of carbonyl (C=O) groups excluding carboxylic acids is 1. The van der Waals surface area contributed by atoms with Gasteiger partial charge in [-0.15, -0.1) is 5.10 Å². The summed E-state index contributed by atoms with van der Waals surface area (Å²) in [5.41, 5.74) is 2.09. The molecule has 1 aromatic carbocycles. The monoisotopic (exact) mass is 659 g/mol. The molecule has 5 heterocycles. The van der Waals surface area contributed by atoms with E-state index >= 15 is 0 Å². The summed E-state index contributed by atoms with van der Waals surface area (Å²) in [6.07, 6.45) is -4.43. The molecule has 1 atom stereocenters. The number of carbonyl (C=O) groups is 1. The summed E-state index contributed by atoms with van der Waals surface area (Å²) in [6, 6.07) is 9.80. The number of aryl methyl sites for hydroxylation is 1. The Hall–Kier alpha value is -3.78. The molecular formula is C29H32F3N9O2S2. The van der Waals surface area contributed by atoms with Crippen molar-refractivity contribution in [3.63, 3.8) is 0 Å². The van der Waals surface area contributed by atoms with Crippen molar-refractivity contribution in [3.05, 3.63) is 40.4 Å². The number of aliphatic hydroxyl groups excluding tert-OH is 1. The van der Waals surface area contributed by atoms with E-state index in [-0.39, 0.29) is 30.0 Å². The number of aromatic nitrogens is 4. The van der Waals surface area contributed by atoms with Crippen molar-refractivity contribution in [3.8, 4) is 17.3 Å². The Morgan fingerprint density at radius 2 is 1.89 bits per heavy atom. The van der Waals surface area contributed by atoms with Crippen molar-refractivity contribution in [2.45, 2.75) is 44.5 Å². The molecular weight excluding hydrogens is 628 g/mol. The van der Waals surface area contributed by atoms with Crippen LogP contribution in [0.4, 0.5) is 29.3 Å². The number of aliphatic hydroxyl groups is 1. The van der Waals surface area contributed by atoms with Crippen molar-refractivity contribution >= 4 is 49.6 Å². The van der Waals surface area contributed by atoms with Crippen LogP contribution in [0.1, 0.15) is 29.0 Å². The van der Waals surface area contributed by atoms with E-state index in [4.69, 9.17) is 5.10 Å². The van der Waals surface area contributed by atoms with E-state index in [0.717, 1.165) is 35.3 Å². The zero-order valence-electron chi connectivity index (χ0n) is 25.0. The maximum Gasteiger partial charge on any atom is 0.394 e. The number of benzene rings is 1. The second-order valence-electron chi connectivity index (χ2n) is 11.6. The minimum absolute atomic E-state index is 0.0233. The van der Waals surface area contributed by atoms with Crippen molar-refractivity contribution in [1.29, 1.82) is 5.26 Å². The Morgan fingerprint density at radius 3 is 2.56 bits per heavy atom. The maximum atomic E-state index is 13.7. The van der Waals surface area contributed by atoms with Gasteiger partial charge in [-0.25, -0.2) is 9.97 Å². The highest BCUT2D eigenvalue weighted by molar-refractivity contribution is 7.20. The lowest BCUT2D eigenvalue weighted by Crippen LogP contribution is -2.57. The van der Waals surface area contributed by atoms with Gasteiger partial charge in [0, 0.05) is 44.8 Å². The standard InChI is InChI=1S/C29H32F3N9O2S2/c1-17-6-8-18(9-7-17)24-22(12-33)44-26(35-24)38(3)25-21(11-29(30,31)32)34-27-41(25)36-28(45-27)39-10-4-5-19(13-39)37(2)16-23(43)40-14-20(42)15-40/h6-9,19-20,42H,4-5,10-11,13-16H2,1-3H3. The normalized spacial score (nSPS) is 17.6. The van der Waals surface area contributed by atoms with E-state index in [1.165, 1.54) is 20.8 Å². The van der Waals surface area contributed by atoms with Gasteiger partial charge in [-0.1, -0.05) is 52.5 Å². The number of anilines is 3. The van der Waals surface area contributed by atoms with Gasteiger partial charge in [0.15, 0.2) is 10.9 Å². The Labute approximate surface area is 265 Å². The van der Waals surface area contributed by atoms with Crippen LogP contribution >= 0.6 is 22.7 Å². The molecule has 11 nitrogen and oxygen atoms in total. The molecule has 1 unspecified atom stereocenters. The number of nitrogens with zero attached hydrogens (tertiary/aromatic N) is 9. The molecule has 0 spiro atoms. The summed E-state index contributed by atoms with van der Waals surface area (Å²) in [6.45, 7) is 4.23.